The molecule has 2 aromatic rings. The normalized spacial score (nSPS) is 17.8. The number of pyridine rings is 2. The molecule has 1 saturated heterocycles. The van der Waals surface area contributed by atoms with Crippen molar-refractivity contribution in [1.82, 2.24) is 20.2 Å². The predicted octanol–water partition coefficient (Wildman–Crippen LogP) is 1.67. The number of nitrogens with one attached hydrogen (secondary N) is 1. The molecule has 0 bridgehead atoms. The van der Waals surface area contributed by atoms with Crippen LogP contribution >= 0.6 is 0 Å². The van der Waals surface area contributed by atoms with E-state index in [1.54, 1.807) is 0 Å². The van der Waals surface area contributed by atoms with Gasteiger partial charge in [-0.15, -0.1) is 0 Å². The predicted molar refractivity (Wildman–Crippen MR) is 79.4 cm³/mol. The van der Waals surface area contributed by atoms with E-state index in [-0.39, 0.29) is 0 Å². The van der Waals surface area contributed by atoms with E-state index in [9.17, 15) is 0 Å². The van der Waals surface area contributed by atoms with E-state index in [0.717, 1.165) is 38.3 Å². The summed E-state index contributed by atoms with van der Waals surface area (Å²) in [5.74, 6) is 0. The third-order valence-corrected chi connectivity index (χ3v) is 3.81. The maximum absolute atomic E-state index is 4.48. The highest BCUT2D eigenvalue weighted by Gasteiger charge is 2.22. The molecule has 3 rings (SSSR count). The summed E-state index contributed by atoms with van der Waals surface area (Å²) in [6.45, 7) is 4.28. The van der Waals surface area contributed by atoms with Gasteiger partial charge in [0.2, 0.25) is 0 Å². The number of piperazine rings is 1. The Bertz CT molecular complexity index is 509. The zero-order valence-corrected chi connectivity index (χ0v) is 11.6. The van der Waals surface area contributed by atoms with Gasteiger partial charge in [-0.25, -0.2) is 0 Å². The van der Waals surface area contributed by atoms with Crippen molar-refractivity contribution in [2.75, 3.05) is 26.2 Å². The van der Waals surface area contributed by atoms with E-state index in [1.807, 2.05) is 24.7 Å². The van der Waals surface area contributed by atoms with Gasteiger partial charge in [-0.1, -0.05) is 6.07 Å². The first-order valence-electron chi connectivity index (χ1n) is 7.18. The Labute approximate surface area is 119 Å². The summed E-state index contributed by atoms with van der Waals surface area (Å²) < 4.78 is 0. The highest BCUT2D eigenvalue weighted by Crippen LogP contribution is 2.24. The van der Waals surface area contributed by atoms with Gasteiger partial charge in [-0.3, -0.25) is 14.9 Å². The molecule has 1 N–H and O–H groups in total. The zero-order chi connectivity index (χ0) is 13.6. The third kappa shape index (κ3) is 3.21. The Kier molecular flexibility index (Phi) is 4.35. The lowest BCUT2D eigenvalue weighted by Crippen LogP contribution is -2.45. The van der Waals surface area contributed by atoms with Crippen LogP contribution in [0.5, 0.6) is 0 Å². The molecule has 104 valence electrons. The van der Waals surface area contributed by atoms with Gasteiger partial charge in [0.1, 0.15) is 0 Å². The topological polar surface area (TPSA) is 41.1 Å². The van der Waals surface area contributed by atoms with Crippen LogP contribution in [-0.2, 0) is 6.42 Å². The fraction of sp³-hybridized carbons (Fsp3) is 0.375. The largest absolute Gasteiger partial charge is 0.314 e. The molecule has 1 fully saturated rings. The average Bonchev–Trinajstić information content (AvgIpc) is 2.55. The molecule has 0 aromatic carbocycles. The second-order valence-electron chi connectivity index (χ2n) is 5.11. The first kappa shape index (κ1) is 13.2. The van der Waals surface area contributed by atoms with E-state index in [1.165, 1.54) is 5.56 Å². The highest BCUT2D eigenvalue weighted by molar-refractivity contribution is 5.19. The molecule has 2 aromatic heterocycles. The number of hydrogen-bond donors (Lipinski definition) is 1. The molecule has 0 saturated carbocycles. The lowest BCUT2D eigenvalue weighted by Gasteiger charge is -2.35. The summed E-state index contributed by atoms with van der Waals surface area (Å²) in [4.78, 5) is 11.2. The van der Waals surface area contributed by atoms with Gasteiger partial charge < -0.3 is 5.32 Å². The van der Waals surface area contributed by atoms with E-state index < -0.39 is 0 Å². The first-order valence-corrected chi connectivity index (χ1v) is 7.18. The molecule has 4 nitrogen and oxygen atoms in total. The Balaban J connectivity index is 1.83. The second kappa shape index (κ2) is 6.59. The van der Waals surface area contributed by atoms with Crippen LogP contribution in [0.2, 0.25) is 0 Å². The van der Waals surface area contributed by atoms with Crippen LogP contribution in [0.4, 0.5) is 0 Å². The molecule has 1 aliphatic rings. The van der Waals surface area contributed by atoms with Crippen LogP contribution in [0, 0.1) is 0 Å². The number of hydrogen-bond acceptors (Lipinski definition) is 4. The van der Waals surface area contributed by atoms with E-state index in [4.69, 9.17) is 0 Å². The molecule has 20 heavy (non-hydrogen) atoms. The SMILES string of the molecule is c1ccc(CC(c2ccncc2)N2CCNCC2)nc1. The van der Waals surface area contributed by atoms with Gasteiger partial charge in [0.05, 0.1) is 0 Å². The number of aromatic nitrogens is 2. The Morgan fingerprint density at radius 2 is 1.85 bits per heavy atom. The van der Waals surface area contributed by atoms with Crippen LogP contribution in [0.3, 0.4) is 0 Å². The fourth-order valence-electron chi connectivity index (χ4n) is 2.75. The molecule has 1 atom stereocenters. The molecule has 1 aliphatic heterocycles. The van der Waals surface area contributed by atoms with Crippen molar-refractivity contribution >= 4 is 0 Å². The molecule has 1 unspecified atom stereocenters. The Hall–Kier alpha value is -1.78. The molecule has 0 radical (unpaired) electrons. The highest BCUT2D eigenvalue weighted by atomic mass is 15.2. The van der Waals surface area contributed by atoms with Crippen molar-refractivity contribution in [3.8, 4) is 0 Å². The summed E-state index contributed by atoms with van der Waals surface area (Å²) in [5, 5.41) is 3.42. The van der Waals surface area contributed by atoms with Gasteiger partial charge in [-0.2, -0.15) is 0 Å². The van der Waals surface area contributed by atoms with Gasteiger partial charge in [0, 0.05) is 62.9 Å². The summed E-state index contributed by atoms with van der Waals surface area (Å²) >= 11 is 0. The Morgan fingerprint density at radius 3 is 2.55 bits per heavy atom. The first-order chi connectivity index (χ1) is 9.93. The van der Waals surface area contributed by atoms with Crippen LogP contribution in [0.1, 0.15) is 17.3 Å². The quantitative estimate of drug-likeness (QED) is 0.916. The van der Waals surface area contributed by atoms with Crippen LogP contribution < -0.4 is 5.32 Å². The molecular formula is C16H20N4. The summed E-state index contributed by atoms with van der Waals surface area (Å²) in [6, 6.07) is 10.8. The minimum atomic E-state index is 0.384. The van der Waals surface area contributed by atoms with Gasteiger partial charge in [0.25, 0.3) is 0 Å². The van der Waals surface area contributed by atoms with Crippen molar-refractivity contribution in [2.24, 2.45) is 0 Å². The molecule has 0 spiro atoms. The maximum atomic E-state index is 4.48. The van der Waals surface area contributed by atoms with Crippen LogP contribution in [0.15, 0.2) is 48.9 Å². The van der Waals surface area contributed by atoms with Crippen LogP contribution in [0.25, 0.3) is 0 Å². The van der Waals surface area contributed by atoms with Crippen LogP contribution in [-0.4, -0.2) is 41.0 Å². The minimum absolute atomic E-state index is 0.384. The molecular weight excluding hydrogens is 248 g/mol. The zero-order valence-electron chi connectivity index (χ0n) is 11.6. The van der Waals surface area contributed by atoms with Crippen molar-refractivity contribution < 1.29 is 0 Å². The van der Waals surface area contributed by atoms with Gasteiger partial charge in [-0.05, 0) is 29.8 Å². The monoisotopic (exact) mass is 268 g/mol. The van der Waals surface area contributed by atoms with Crippen molar-refractivity contribution in [2.45, 2.75) is 12.5 Å². The van der Waals surface area contributed by atoms with Gasteiger partial charge >= 0.3 is 0 Å². The molecule has 0 aliphatic carbocycles. The number of rotatable bonds is 4. The number of nitrogens with zero attached hydrogens (tertiary/aromatic N) is 3. The smallest absolute Gasteiger partial charge is 0.0422 e. The second-order valence-corrected chi connectivity index (χ2v) is 5.11. The lowest BCUT2D eigenvalue weighted by molar-refractivity contribution is 0.171. The van der Waals surface area contributed by atoms with E-state index in [0.29, 0.717) is 6.04 Å². The average molecular weight is 268 g/mol. The fourth-order valence-corrected chi connectivity index (χ4v) is 2.75. The molecule has 0 amide bonds. The van der Waals surface area contributed by atoms with Crippen molar-refractivity contribution in [3.63, 3.8) is 0 Å². The van der Waals surface area contributed by atoms with E-state index >= 15 is 0 Å². The summed E-state index contributed by atoms with van der Waals surface area (Å²) in [7, 11) is 0. The summed E-state index contributed by atoms with van der Waals surface area (Å²) in [6.07, 6.45) is 6.58. The maximum Gasteiger partial charge on any atom is 0.0422 e. The van der Waals surface area contributed by atoms with Gasteiger partial charge in [0.15, 0.2) is 0 Å². The molecule has 4 heteroatoms. The lowest BCUT2D eigenvalue weighted by atomic mass is 10.0. The minimum Gasteiger partial charge on any atom is -0.314 e. The third-order valence-electron chi connectivity index (χ3n) is 3.81. The molecule has 3 heterocycles. The van der Waals surface area contributed by atoms with E-state index in [2.05, 4.69) is 44.5 Å². The standard InChI is InChI=1S/C16H20N4/c1-2-6-19-15(3-1)13-16(14-4-7-17-8-5-14)20-11-9-18-10-12-20/h1-8,16,18H,9-13H2. The Morgan fingerprint density at radius 1 is 1.05 bits per heavy atom. The summed E-state index contributed by atoms with van der Waals surface area (Å²) in [5.41, 5.74) is 2.47. The van der Waals surface area contributed by atoms with Crippen molar-refractivity contribution in [1.29, 1.82) is 0 Å². The van der Waals surface area contributed by atoms with Crippen molar-refractivity contribution in [3.05, 3.63) is 60.2 Å².